The molecule has 0 saturated heterocycles. The number of carboxylic acids is 1. The van der Waals surface area contributed by atoms with Gasteiger partial charge in [0.2, 0.25) is 0 Å². The van der Waals surface area contributed by atoms with Gasteiger partial charge in [0.05, 0.1) is 6.10 Å². The first-order valence-corrected chi connectivity index (χ1v) is 7.25. The Morgan fingerprint density at radius 3 is 2.60 bits per heavy atom. The van der Waals surface area contributed by atoms with E-state index in [-0.39, 0.29) is 30.6 Å². The lowest BCUT2D eigenvalue weighted by molar-refractivity contribution is -0.137. The van der Waals surface area contributed by atoms with Gasteiger partial charge in [0, 0.05) is 32.2 Å². The molecule has 0 aromatic heterocycles. The molecule has 2 N–H and O–H groups in total. The Morgan fingerprint density at radius 1 is 1.40 bits per heavy atom. The van der Waals surface area contributed by atoms with Crippen molar-refractivity contribution in [2.24, 2.45) is 0 Å². The number of carboxylic acid groups (broad SMARTS) is 1. The van der Waals surface area contributed by atoms with Crippen LogP contribution in [0.3, 0.4) is 0 Å². The number of hydrogen-bond donors (Lipinski definition) is 2. The summed E-state index contributed by atoms with van der Waals surface area (Å²) in [5, 5.41) is 11.7. The van der Waals surface area contributed by atoms with Crippen molar-refractivity contribution < 1.29 is 19.4 Å². The Hall–Kier alpha value is -1.30. The molecule has 2 atom stereocenters. The highest BCUT2D eigenvalue weighted by molar-refractivity contribution is 5.75. The number of nitrogens with zero attached hydrogens (tertiary/aromatic N) is 1. The van der Waals surface area contributed by atoms with Crippen LogP contribution in [-0.4, -0.2) is 53.8 Å². The molecule has 0 heterocycles. The summed E-state index contributed by atoms with van der Waals surface area (Å²) in [7, 11) is 1.70. The molecule has 1 aliphatic carbocycles. The second kappa shape index (κ2) is 8.09. The van der Waals surface area contributed by atoms with E-state index < -0.39 is 5.97 Å². The van der Waals surface area contributed by atoms with E-state index in [0.29, 0.717) is 13.0 Å². The summed E-state index contributed by atoms with van der Waals surface area (Å²) in [6.07, 6.45) is 3.56. The molecule has 6 nitrogen and oxygen atoms in total. The van der Waals surface area contributed by atoms with E-state index in [1.54, 1.807) is 12.0 Å². The largest absolute Gasteiger partial charge is 0.481 e. The zero-order valence-electron chi connectivity index (χ0n) is 12.6. The summed E-state index contributed by atoms with van der Waals surface area (Å²) in [4.78, 5) is 24.5. The molecule has 0 bridgehead atoms. The van der Waals surface area contributed by atoms with E-state index in [9.17, 15) is 9.59 Å². The molecular weight excluding hydrogens is 260 g/mol. The number of aliphatic carboxylic acids is 1. The second-order valence-corrected chi connectivity index (χ2v) is 5.60. The van der Waals surface area contributed by atoms with Crippen LogP contribution in [0.15, 0.2) is 0 Å². The van der Waals surface area contributed by atoms with Gasteiger partial charge in [-0.3, -0.25) is 4.79 Å². The van der Waals surface area contributed by atoms with Gasteiger partial charge < -0.3 is 20.1 Å². The van der Waals surface area contributed by atoms with Crippen LogP contribution in [0.25, 0.3) is 0 Å². The number of methoxy groups -OCH3 is 1. The van der Waals surface area contributed by atoms with E-state index in [2.05, 4.69) is 5.32 Å². The summed E-state index contributed by atoms with van der Waals surface area (Å²) in [6.45, 7) is 4.34. The number of nitrogens with one attached hydrogen (secondary N) is 1. The predicted octanol–water partition coefficient (Wildman–Crippen LogP) is 1.84. The molecule has 1 rings (SSSR count). The SMILES string of the molecule is COC1CCC(NC(=O)N(CCCC(=O)O)C(C)C)C1. The lowest BCUT2D eigenvalue weighted by Crippen LogP contribution is -2.47. The van der Waals surface area contributed by atoms with Gasteiger partial charge in [-0.2, -0.15) is 0 Å². The van der Waals surface area contributed by atoms with Crippen molar-refractivity contribution in [3.05, 3.63) is 0 Å². The van der Waals surface area contributed by atoms with Gasteiger partial charge in [0.25, 0.3) is 0 Å². The number of carbonyl (C=O) groups excluding carboxylic acids is 1. The molecule has 6 heteroatoms. The minimum atomic E-state index is -0.826. The van der Waals surface area contributed by atoms with E-state index in [1.165, 1.54) is 0 Å². The highest BCUT2D eigenvalue weighted by atomic mass is 16.5. The van der Waals surface area contributed by atoms with Crippen LogP contribution in [0.2, 0.25) is 0 Å². The van der Waals surface area contributed by atoms with Gasteiger partial charge in [-0.15, -0.1) is 0 Å². The molecule has 2 amide bonds. The van der Waals surface area contributed by atoms with Crippen molar-refractivity contribution in [1.29, 1.82) is 0 Å². The first-order chi connectivity index (χ1) is 9.43. The van der Waals surface area contributed by atoms with Gasteiger partial charge in [0.1, 0.15) is 0 Å². The number of hydrogen-bond acceptors (Lipinski definition) is 3. The van der Waals surface area contributed by atoms with Crippen LogP contribution >= 0.6 is 0 Å². The third-order valence-corrected chi connectivity index (χ3v) is 3.72. The van der Waals surface area contributed by atoms with Gasteiger partial charge in [-0.1, -0.05) is 0 Å². The summed E-state index contributed by atoms with van der Waals surface area (Å²) < 4.78 is 5.29. The molecule has 2 unspecified atom stereocenters. The minimum Gasteiger partial charge on any atom is -0.481 e. The fourth-order valence-electron chi connectivity index (χ4n) is 2.54. The molecule has 0 radical (unpaired) electrons. The normalized spacial score (nSPS) is 22.0. The maximum atomic E-state index is 12.2. The lowest BCUT2D eigenvalue weighted by atomic mass is 10.2. The number of carbonyl (C=O) groups is 2. The Morgan fingerprint density at radius 2 is 2.10 bits per heavy atom. The van der Waals surface area contributed by atoms with Crippen molar-refractivity contribution in [3.8, 4) is 0 Å². The Labute approximate surface area is 120 Å². The second-order valence-electron chi connectivity index (χ2n) is 5.60. The maximum absolute atomic E-state index is 12.2. The van der Waals surface area contributed by atoms with Crippen molar-refractivity contribution in [3.63, 3.8) is 0 Å². The third kappa shape index (κ3) is 5.36. The third-order valence-electron chi connectivity index (χ3n) is 3.72. The van der Waals surface area contributed by atoms with Gasteiger partial charge in [-0.25, -0.2) is 4.79 Å². The first kappa shape index (κ1) is 16.8. The Bertz CT molecular complexity index is 333. The topological polar surface area (TPSA) is 78.9 Å². The number of rotatable bonds is 7. The molecule has 1 saturated carbocycles. The van der Waals surface area contributed by atoms with Crippen molar-refractivity contribution in [1.82, 2.24) is 10.2 Å². The predicted molar refractivity (Wildman–Crippen MR) is 75.7 cm³/mol. The molecule has 116 valence electrons. The monoisotopic (exact) mass is 286 g/mol. The van der Waals surface area contributed by atoms with Crippen molar-refractivity contribution in [2.45, 2.75) is 64.1 Å². The quantitative estimate of drug-likeness (QED) is 0.748. The Balaban J connectivity index is 2.42. The number of urea groups is 1. The standard InChI is InChI=1S/C14H26N2O4/c1-10(2)16(8-4-5-13(17)18)14(19)15-11-6-7-12(9-11)20-3/h10-12H,4-9H2,1-3H3,(H,15,19)(H,17,18). The van der Waals surface area contributed by atoms with Gasteiger partial charge in [0.15, 0.2) is 0 Å². The summed E-state index contributed by atoms with van der Waals surface area (Å²) in [5.41, 5.74) is 0. The van der Waals surface area contributed by atoms with E-state index in [4.69, 9.17) is 9.84 Å². The highest BCUT2D eigenvalue weighted by Crippen LogP contribution is 2.21. The van der Waals surface area contributed by atoms with E-state index in [0.717, 1.165) is 19.3 Å². The number of ether oxygens (including phenoxy) is 1. The molecule has 0 aromatic carbocycles. The van der Waals surface area contributed by atoms with Crippen LogP contribution in [0, 0.1) is 0 Å². The van der Waals surface area contributed by atoms with Crippen LogP contribution in [0.4, 0.5) is 4.79 Å². The Kier molecular flexibility index (Phi) is 6.78. The highest BCUT2D eigenvalue weighted by Gasteiger charge is 2.27. The fourth-order valence-corrected chi connectivity index (χ4v) is 2.54. The average Bonchev–Trinajstić information content (AvgIpc) is 2.81. The molecule has 20 heavy (non-hydrogen) atoms. The van der Waals surface area contributed by atoms with Crippen LogP contribution in [-0.2, 0) is 9.53 Å². The summed E-state index contributed by atoms with van der Waals surface area (Å²) in [5.74, 6) is -0.826. The molecule has 0 aliphatic heterocycles. The van der Waals surface area contributed by atoms with E-state index in [1.807, 2.05) is 13.8 Å². The minimum absolute atomic E-state index is 0.0587. The fraction of sp³-hybridized carbons (Fsp3) is 0.857. The van der Waals surface area contributed by atoms with Gasteiger partial charge >= 0.3 is 12.0 Å². The first-order valence-electron chi connectivity index (χ1n) is 7.25. The average molecular weight is 286 g/mol. The van der Waals surface area contributed by atoms with Crippen LogP contribution in [0.5, 0.6) is 0 Å². The number of amides is 2. The van der Waals surface area contributed by atoms with Crippen LogP contribution < -0.4 is 5.32 Å². The zero-order chi connectivity index (χ0) is 15.1. The van der Waals surface area contributed by atoms with E-state index >= 15 is 0 Å². The van der Waals surface area contributed by atoms with Crippen molar-refractivity contribution >= 4 is 12.0 Å². The molecule has 0 spiro atoms. The summed E-state index contributed by atoms with van der Waals surface area (Å²) >= 11 is 0. The molecule has 1 fully saturated rings. The summed E-state index contributed by atoms with van der Waals surface area (Å²) in [6, 6.07) is 0.115. The lowest BCUT2D eigenvalue weighted by Gasteiger charge is -2.28. The maximum Gasteiger partial charge on any atom is 0.317 e. The van der Waals surface area contributed by atoms with Gasteiger partial charge in [-0.05, 0) is 39.5 Å². The molecular formula is C14H26N2O4. The molecule has 1 aliphatic rings. The van der Waals surface area contributed by atoms with Crippen molar-refractivity contribution in [2.75, 3.05) is 13.7 Å². The molecule has 0 aromatic rings. The van der Waals surface area contributed by atoms with Crippen LogP contribution in [0.1, 0.15) is 46.0 Å². The zero-order valence-corrected chi connectivity index (χ0v) is 12.6. The smallest absolute Gasteiger partial charge is 0.317 e.